The molecule has 0 bridgehead atoms. The van der Waals surface area contributed by atoms with Crippen LogP contribution in [0.15, 0.2) is 48.5 Å². The van der Waals surface area contributed by atoms with Crippen LogP contribution in [0.3, 0.4) is 0 Å². The Kier molecular flexibility index (Phi) is 4.54. The van der Waals surface area contributed by atoms with Crippen LogP contribution in [-0.4, -0.2) is 33.8 Å². The van der Waals surface area contributed by atoms with Gasteiger partial charge in [0.15, 0.2) is 0 Å². The summed E-state index contributed by atoms with van der Waals surface area (Å²) in [6.07, 6.45) is 2.99. The molecular formula is C24H24N4O2. The third-order valence-corrected chi connectivity index (χ3v) is 5.82. The highest BCUT2D eigenvalue weighted by atomic mass is 16.5. The molecule has 2 N–H and O–H groups in total. The summed E-state index contributed by atoms with van der Waals surface area (Å²) in [7, 11) is 0. The van der Waals surface area contributed by atoms with Crippen LogP contribution >= 0.6 is 0 Å². The molecule has 1 fully saturated rings. The second kappa shape index (κ2) is 7.37. The van der Waals surface area contributed by atoms with E-state index in [4.69, 9.17) is 9.72 Å². The number of aryl methyl sites for hydroxylation is 1. The van der Waals surface area contributed by atoms with Gasteiger partial charge in [-0.1, -0.05) is 18.2 Å². The van der Waals surface area contributed by atoms with Crippen molar-refractivity contribution in [1.82, 2.24) is 15.0 Å². The number of rotatable bonds is 5. The highest BCUT2D eigenvalue weighted by Gasteiger charge is 2.28. The first-order chi connectivity index (χ1) is 14.6. The smallest absolute Gasteiger partial charge is 0.142 e. The van der Waals surface area contributed by atoms with Crippen LogP contribution in [0.1, 0.15) is 24.1 Å². The summed E-state index contributed by atoms with van der Waals surface area (Å²) < 4.78 is 5.94. The number of ether oxygens (including phenoxy) is 1. The van der Waals surface area contributed by atoms with E-state index in [1.54, 1.807) is 0 Å². The van der Waals surface area contributed by atoms with E-state index in [0.29, 0.717) is 0 Å². The molecule has 5 rings (SSSR count). The first-order valence-corrected chi connectivity index (χ1v) is 10.3. The molecule has 6 nitrogen and oxygen atoms in total. The molecule has 0 amide bonds. The fraction of sp³-hybridized carbons (Fsp3) is 0.250. The van der Waals surface area contributed by atoms with Gasteiger partial charge in [0, 0.05) is 29.4 Å². The molecule has 1 atom stereocenters. The third-order valence-electron chi connectivity index (χ3n) is 5.82. The maximum Gasteiger partial charge on any atom is 0.142 e. The van der Waals surface area contributed by atoms with E-state index in [-0.39, 0.29) is 6.04 Å². The number of hydrogen-bond acceptors (Lipinski definition) is 4. The van der Waals surface area contributed by atoms with Gasteiger partial charge in [-0.15, -0.1) is 0 Å². The predicted molar refractivity (Wildman–Crippen MR) is 118 cm³/mol. The number of aldehydes is 1. The summed E-state index contributed by atoms with van der Waals surface area (Å²) in [6, 6.07) is 15.6. The predicted octanol–water partition coefficient (Wildman–Crippen LogP) is 5.13. The number of nitrogens with zero attached hydrogens (tertiary/aromatic N) is 2. The fourth-order valence-electron chi connectivity index (χ4n) is 4.38. The highest BCUT2D eigenvalue weighted by Crippen LogP contribution is 2.36. The summed E-state index contributed by atoms with van der Waals surface area (Å²) in [5.74, 6) is 3.39. The van der Waals surface area contributed by atoms with Gasteiger partial charge in [-0.05, 0) is 51.0 Å². The van der Waals surface area contributed by atoms with Gasteiger partial charge in [0.1, 0.15) is 29.4 Å². The van der Waals surface area contributed by atoms with Gasteiger partial charge >= 0.3 is 0 Å². The topological polar surface area (TPSA) is 74.0 Å². The molecule has 1 saturated heterocycles. The van der Waals surface area contributed by atoms with Crippen molar-refractivity contribution in [2.75, 3.05) is 11.4 Å². The Bertz CT molecular complexity index is 1210. The minimum Gasteiger partial charge on any atom is -0.457 e. The van der Waals surface area contributed by atoms with E-state index in [0.717, 1.165) is 76.7 Å². The summed E-state index contributed by atoms with van der Waals surface area (Å²) >= 11 is 0. The molecule has 0 radical (unpaired) electrons. The number of fused-ring (bicyclic) bond motifs is 1. The number of H-pyrrole nitrogens is 2. The molecule has 30 heavy (non-hydrogen) atoms. The van der Waals surface area contributed by atoms with Crippen LogP contribution in [0.25, 0.3) is 22.4 Å². The van der Waals surface area contributed by atoms with Crippen molar-refractivity contribution >= 4 is 23.1 Å². The van der Waals surface area contributed by atoms with Crippen LogP contribution in [0.4, 0.5) is 5.82 Å². The standard InChI is InChI=1S/C24H24N4O2/c1-15-22(16(2)25-24(15)28-12-6-7-17(28)14-29)23-26-20-11-10-19(13-21(20)27-23)30-18-8-4-3-5-9-18/h3-5,8-11,13-14,17,25H,6-7,12H2,1-2H3,(H,26,27). The number of carbonyl (C=O) groups is 1. The number of para-hydroxylation sites is 1. The largest absolute Gasteiger partial charge is 0.457 e. The molecule has 0 saturated carbocycles. The van der Waals surface area contributed by atoms with E-state index in [1.807, 2.05) is 48.5 Å². The van der Waals surface area contributed by atoms with Crippen molar-refractivity contribution < 1.29 is 9.53 Å². The molecule has 3 heterocycles. The molecule has 0 spiro atoms. The van der Waals surface area contributed by atoms with Crippen molar-refractivity contribution in [3.05, 3.63) is 59.8 Å². The number of imidazole rings is 1. The lowest BCUT2D eigenvalue weighted by atomic mass is 10.1. The van der Waals surface area contributed by atoms with Crippen molar-refractivity contribution in [3.8, 4) is 22.9 Å². The maximum atomic E-state index is 11.5. The SMILES string of the molecule is Cc1[nH]c(N2CCCC2C=O)c(C)c1-c1nc2cc(Oc3ccccc3)ccc2[nH]1. The average molecular weight is 400 g/mol. The van der Waals surface area contributed by atoms with Crippen LogP contribution in [0.2, 0.25) is 0 Å². The molecule has 4 aromatic rings. The molecule has 2 aromatic heterocycles. The number of aromatic nitrogens is 3. The Morgan fingerprint density at radius 2 is 1.93 bits per heavy atom. The zero-order chi connectivity index (χ0) is 20.7. The Balaban J connectivity index is 1.50. The Labute approximate surface area is 174 Å². The van der Waals surface area contributed by atoms with Crippen molar-refractivity contribution in [2.45, 2.75) is 32.7 Å². The number of nitrogens with one attached hydrogen (secondary N) is 2. The van der Waals surface area contributed by atoms with E-state index >= 15 is 0 Å². The van der Waals surface area contributed by atoms with E-state index < -0.39 is 0 Å². The second-order valence-electron chi connectivity index (χ2n) is 7.82. The van der Waals surface area contributed by atoms with Gasteiger partial charge in [0.25, 0.3) is 0 Å². The molecule has 1 aliphatic heterocycles. The van der Waals surface area contributed by atoms with Crippen LogP contribution in [0.5, 0.6) is 11.5 Å². The van der Waals surface area contributed by atoms with Crippen LogP contribution < -0.4 is 9.64 Å². The summed E-state index contributed by atoms with van der Waals surface area (Å²) in [4.78, 5) is 25.4. The molecule has 1 unspecified atom stereocenters. The first kappa shape index (κ1) is 18.5. The monoisotopic (exact) mass is 400 g/mol. The molecule has 1 aliphatic rings. The van der Waals surface area contributed by atoms with E-state index in [9.17, 15) is 4.79 Å². The van der Waals surface area contributed by atoms with Crippen molar-refractivity contribution in [3.63, 3.8) is 0 Å². The third kappa shape index (κ3) is 3.14. The van der Waals surface area contributed by atoms with E-state index in [1.165, 1.54) is 0 Å². The quantitative estimate of drug-likeness (QED) is 0.455. The van der Waals surface area contributed by atoms with Gasteiger partial charge in [-0.3, -0.25) is 0 Å². The lowest BCUT2D eigenvalue weighted by Crippen LogP contribution is -2.31. The van der Waals surface area contributed by atoms with Gasteiger partial charge < -0.3 is 24.4 Å². The van der Waals surface area contributed by atoms with Gasteiger partial charge in [0.05, 0.1) is 17.1 Å². The van der Waals surface area contributed by atoms with Gasteiger partial charge in [-0.2, -0.15) is 0 Å². The van der Waals surface area contributed by atoms with Crippen LogP contribution in [-0.2, 0) is 4.79 Å². The molecule has 0 aliphatic carbocycles. The lowest BCUT2D eigenvalue weighted by molar-refractivity contribution is -0.108. The molecule has 2 aromatic carbocycles. The average Bonchev–Trinajstić information content (AvgIpc) is 3.45. The van der Waals surface area contributed by atoms with Crippen molar-refractivity contribution in [2.24, 2.45) is 0 Å². The fourth-order valence-corrected chi connectivity index (χ4v) is 4.38. The highest BCUT2D eigenvalue weighted by molar-refractivity contribution is 5.83. The number of benzene rings is 2. The van der Waals surface area contributed by atoms with E-state index in [2.05, 4.69) is 28.7 Å². The Morgan fingerprint density at radius 3 is 2.73 bits per heavy atom. The second-order valence-corrected chi connectivity index (χ2v) is 7.82. The minimum atomic E-state index is -0.0528. The summed E-state index contributed by atoms with van der Waals surface area (Å²) in [6.45, 7) is 5.03. The first-order valence-electron chi connectivity index (χ1n) is 10.3. The van der Waals surface area contributed by atoms with Crippen molar-refractivity contribution in [1.29, 1.82) is 0 Å². The Morgan fingerprint density at radius 1 is 1.10 bits per heavy atom. The summed E-state index contributed by atoms with van der Waals surface area (Å²) in [5.41, 5.74) is 5.02. The number of anilines is 1. The maximum absolute atomic E-state index is 11.5. The van der Waals surface area contributed by atoms with Gasteiger partial charge in [-0.25, -0.2) is 4.98 Å². The summed E-state index contributed by atoms with van der Waals surface area (Å²) in [5, 5.41) is 0. The number of carbonyl (C=O) groups excluding carboxylic acids is 1. The normalized spacial score (nSPS) is 16.3. The number of aromatic amines is 2. The molecule has 6 heteroatoms. The zero-order valence-electron chi connectivity index (χ0n) is 17.1. The lowest BCUT2D eigenvalue weighted by Gasteiger charge is -2.22. The number of hydrogen-bond donors (Lipinski definition) is 2. The molecule has 152 valence electrons. The van der Waals surface area contributed by atoms with Gasteiger partial charge in [0.2, 0.25) is 0 Å². The Hall–Kier alpha value is -3.54. The minimum absolute atomic E-state index is 0.0528. The van der Waals surface area contributed by atoms with Crippen LogP contribution in [0, 0.1) is 13.8 Å². The zero-order valence-corrected chi connectivity index (χ0v) is 17.1. The molecular weight excluding hydrogens is 376 g/mol.